The van der Waals surface area contributed by atoms with Crippen LogP contribution in [0.5, 0.6) is 6.01 Å². The number of nitrogens with two attached hydrogens (primary N) is 1. The van der Waals surface area contributed by atoms with Crippen molar-refractivity contribution in [2.24, 2.45) is 0 Å². The van der Waals surface area contributed by atoms with E-state index in [2.05, 4.69) is 29.7 Å². The molecule has 302 valence electrons. The van der Waals surface area contributed by atoms with Crippen molar-refractivity contribution >= 4 is 28.4 Å². The van der Waals surface area contributed by atoms with Crippen LogP contribution in [0.25, 0.3) is 10.9 Å². The van der Waals surface area contributed by atoms with E-state index < -0.39 is 23.9 Å². The molecule has 16 heteroatoms. The molecule has 8 rings (SSSR count). The monoisotopic (exact) mass is 779 g/mol. The van der Waals surface area contributed by atoms with Crippen molar-refractivity contribution in [3.63, 3.8) is 0 Å². The highest BCUT2D eigenvalue weighted by molar-refractivity contribution is 5.88. The number of nitrogen functional groups attached to an aromatic ring is 1. The molecular weight excluding hydrogens is 727 g/mol. The van der Waals surface area contributed by atoms with E-state index in [9.17, 15) is 13.6 Å². The van der Waals surface area contributed by atoms with Crippen LogP contribution in [-0.4, -0.2) is 127 Å². The average molecular weight is 780 g/mol. The molecule has 0 bridgehead atoms. The SMILES string of the molecule is CC#N.COc1nc2c(c(N3CCN(C(=O)/C=C/CN4CCC(OC)CC4)CC3)n1)COC(c1c(F)cc(F)c3ccc(N)nc13)C2.FC1CC2CCCN2C1. The Morgan fingerprint density at radius 2 is 1.80 bits per heavy atom. The Kier molecular flexibility index (Phi) is 14.0. The van der Waals surface area contributed by atoms with Gasteiger partial charge in [0.05, 0.1) is 43.2 Å². The smallest absolute Gasteiger partial charge is 0.318 e. The molecule has 1 aromatic carbocycles. The molecule has 4 saturated heterocycles. The third-order valence-corrected chi connectivity index (χ3v) is 11.1. The molecule has 13 nitrogen and oxygen atoms in total. The second-order valence-corrected chi connectivity index (χ2v) is 14.6. The van der Waals surface area contributed by atoms with Gasteiger partial charge in [-0.05, 0) is 50.8 Å². The highest BCUT2D eigenvalue weighted by atomic mass is 19.1. The Balaban J connectivity index is 0.000000378. The number of nitriles is 1. The number of amides is 1. The number of benzene rings is 1. The average Bonchev–Trinajstić information content (AvgIpc) is 3.79. The maximum atomic E-state index is 15.2. The summed E-state index contributed by atoms with van der Waals surface area (Å²) in [6.45, 7) is 8.29. The van der Waals surface area contributed by atoms with Crippen LogP contribution in [0.2, 0.25) is 0 Å². The van der Waals surface area contributed by atoms with E-state index in [1.54, 1.807) is 19.3 Å². The van der Waals surface area contributed by atoms with Crippen LogP contribution in [0.1, 0.15) is 62.0 Å². The zero-order chi connectivity index (χ0) is 39.8. The molecule has 0 spiro atoms. The largest absolute Gasteiger partial charge is 0.467 e. The minimum absolute atomic E-state index is 0.00676. The van der Waals surface area contributed by atoms with Gasteiger partial charge in [0.25, 0.3) is 0 Å². The van der Waals surface area contributed by atoms with Crippen molar-refractivity contribution < 1.29 is 32.2 Å². The molecule has 2 N–H and O–H groups in total. The fraction of sp³-hybridized carbons (Fsp3) is 0.575. The fourth-order valence-electron chi connectivity index (χ4n) is 8.23. The van der Waals surface area contributed by atoms with Crippen molar-refractivity contribution in [3.8, 4) is 12.1 Å². The summed E-state index contributed by atoms with van der Waals surface area (Å²) in [6.07, 6.45) is 8.22. The summed E-state index contributed by atoms with van der Waals surface area (Å²) in [5.41, 5.74) is 7.55. The number of pyridine rings is 1. The van der Waals surface area contributed by atoms with Gasteiger partial charge in [-0.3, -0.25) is 14.6 Å². The first-order valence-corrected chi connectivity index (χ1v) is 19.4. The predicted molar refractivity (Wildman–Crippen MR) is 206 cm³/mol. The van der Waals surface area contributed by atoms with E-state index in [0.29, 0.717) is 56.4 Å². The quantitative estimate of drug-likeness (QED) is 0.331. The van der Waals surface area contributed by atoms with Crippen LogP contribution in [0.15, 0.2) is 30.4 Å². The number of ether oxygens (including phenoxy) is 3. The summed E-state index contributed by atoms with van der Waals surface area (Å²) in [6, 6.07) is 6.36. The highest BCUT2D eigenvalue weighted by Crippen LogP contribution is 2.39. The second kappa shape index (κ2) is 19.1. The molecule has 5 aliphatic heterocycles. The number of likely N-dealkylation sites (tertiary alicyclic amines) is 1. The molecule has 0 aliphatic carbocycles. The molecule has 4 fully saturated rings. The first-order chi connectivity index (χ1) is 27.1. The summed E-state index contributed by atoms with van der Waals surface area (Å²) in [4.78, 5) is 34.9. The number of hydrogen-bond donors (Lipinski definition) is 1. The normalized spacial score (nSPS) is 22.8. The molecule has 3 aromatic rings. The van der Waals surface area contributed by atoms with Crippen LogP contribution in [0.3, 0.4) is 0 Å². The number of rotatable bonds is 7. The zero-order valence-electron chi connectivity index (χ0n) is 32.4. The maximum absolute atomic E-state index is 15.2. The zero-order valence-corrected chi connectivity index (χ0v) is 32.4. The Morgan fingerprint density at radius 1 is 1.05 bits per heavy atom. The van der Waals surface area contributed by atoms with E-state index in [1.807, 2.05) is 11.0 Å². The summed E-state index contributed by atoms with van der Waals surface area (Å²) in [7, 11) is 3.25. The lowest BCUT2D eigenvalue weighted by Crippen LogP contribution is -2.49. The number of nitrogens with zero attached hydrogens (tertiary/aromatic N) is 8. The van der Waals surface area contributed by atoms with Gasteiger partial charge in [0.1, 0.15) is 29.4 Å². The Labute approximate surface area is 326 Å². The molecule has 0 radical (unpaired) electrons. The molecule has 56 heavy (non-hydrogen) atoms. The lowest BCUT2D eigenvalue weighted by atomic mass is 9.96. The van der Waals surface area contributed by atoms with E-state index in [4.69, 9.17) is 25.2 Å². The van der Waals surface area contributed by atoms with Gasteiger partial charge in [0.2, 0.25) is 5.91 Å². The van der Waals surface area contributed by atoms with E-state index >= 15 is 4.39 Å². The Morgan fingerprint density at radius 3 is 2.50 bits per heavy atom. The van der Waals surface area contributed by atoms with E-state index in [1.165, 1.54) is 39.0 Å². The number of carbonyl (C=O) groups excluding carboxylic acids is 1. The molecule has 2 aromatic heterocycles. The molecule has 3 atom stereocenters. The van der Waals surface area contributed by atoms with Crippen molar-refractivity contribution in [2.45, 2.75) is 76.5 Å². The van der Waals surface area contributed by atoms with Crippen molar-refractivity contribution in [1.82, 2.24) is 29.7 Å². The lowest BCUT2D eigenvalue weighted by molar-refractivity contribution is -0.126. The van der Waals surface area contributed by atoms with Gasteiger partial charge in [-0.25, -0.2) is 18.2 Å². The molecule has 5 aliphatic rings. The van der Waals surface area contributed by atoms with Crippen molar-refractivity contribution in [2.75, 3.05) is 83.8 Å². The number of methoxy groups -OCH3 is 2. The third-order valence-electron chi connectivity index (χ3n) is 11.1. The van der Waals surface area contributed by atoms with Crippen LogP contribution >= 0.6 is 0 Å². The van der Waals surface area contributed by atoms with Gasteiger partial charge < -0.3 is 29.7 Å². The van der Waals surface area contributed by atoms with E-state index in [0.717, 1.165) is 57.1 Å². The summed E-state index contributed by atoms with van der Waals surface area (Å²) in [5.74, 6) is -0.658. The van der Waals surface area contributed by atoms with Gasteiger partial charge >= 0.3 is 6.01 Å². The van der Waals surface area contributed by atoms with Crippen molar-refractivity contribution in [1.29, 1.82) is 5.26 Å². The highest BCUT2D eigenvalue weighted by Gasteiger charge is 2.35. The van der Waals surface area contributed by atoms with Gasteiger partial charge in [0, 0.05) is 108 Å². The first kappa shape index (κ1) is 41.1. The van der Waals surface area contributed by atoms with Crippen LogP contribution in [0.4, 0.5) is 24.8 Å². The minimum atomic E-state index is -0.764. The lowest BCUT2D eigenvalue weighted by Gasteiger charge is -2.37. The van der Waals surface area contributed by atoms with Gasteiger partial charge in [0.15, 0.2) is 0 Å². The van der Waals surface area contributed by atoms with E-state index in [-0.39, 0.29) is 47.2 Å². The van der Waals surface area contributed by atoms with Gasteiger partial charge in [-0.1, -0.05) is 6.08 Å². The number of aromatic nitrogens is 3. The first-order valence-electron chi connectivity index (χ1n) is 19.4. The third kappa shape index (κ3) is 9.69. The van der Waals surface area contributed by atoms with Crippen LogP contribution in [0, 0.1) is 23.0 Å². The molecular formula is C40H52F3N9O4. The Bertz CT molecular complexity index is 1890. The number of piperidine rings is 1. The number of anilines is 2. The van der Waals surface area contributed by atoms with Crippen LogP contribution in [-0.2, 0) is 27.3 Å². The second-order valence-electron chi connectivity index (χ2n) is 14.6. The minimum Gasteiger partial charge on any atom is -0.467 e. The number of piperazine rings is 1. The number of halogens is 3. The molecule has 3 unspecified atom stereocenters. The molecule has 7 heterocycles. The van der Waals surface area contributed by atoms with Crippen LogP contribution < -0.4 is 15.4 Å². The topological polar surface area (TPSA) is 146 Å². The summed E-state index contributed by atoms with van der Waals surface area (Å²) < 4.78 is 59.3. The van der Waals surface area contributed by atoms with Gasteiger partial charge in [-0.15, -0.1) is 0 Å². The number of carbonyl (C=O) groups is 1. The number of fused-ring (bicyclic) bond motifs is 3. The molecule has 0 saturated carbocycles. The maximum Gasteiger partial charge on any atom is 0.318 e. The molecule has 1 amide bonds. The van der Waals surface area contributed by atoms with Crippen molar-refractivity contribution in [3.05, 3.63) is 58.8 Å². The van der Waals surface area contributed by atoms with Gasteiger partial charge in [-0.2, -0.15) is 15.2 Å². The standard InChI is InChI=1S/C31H37F2N7O4.C7H12FN.C2H3N/c1-42-19-7-10-38(11-8-19)9-3-4-27(41)39-12-14-40(15-13-39)30-21-18-44-25(17-24(21)35-31(37-30)43-2)28-23(33)16-22(32)20-5-6-26(34)36-29(20)28;8-6-4-7-2-1-3-9(7)5-6;1-2-3/h3-6,16,19,25H,7-15,17-18H2,1-2H3,(H2,34,36);6-7H,1-5H2;1H3/b4-3+;;. The fourth-order valence-corrected chi connectivity index (χ4v) is 8.23. The Hall–Kier alpha value is -4.56. The summed E-state index contributed by atoms with van der Waals surface area (Å²) >= 11 is 0. The number of hydrogen-bond acceptors (Lipinski definition) is 12. The summed E-state index contributed by atoms with van der Waals surface area (Å²) in [5, 5.41) is 7.49. The predicted octanol–water partition coefficient (Wildman–Crippen LogP) is 4.75. The number of alkyl halides is 1.